The molecule has 19 heavy (non-hydrogen) atoms. The van der Waals surface area contributed by atoms with Crippen molar-refractivity contribution >= 4 is 17.4 Å². The number of hydrogen-bond donors (Lipinski definition) is 0. The van der Waals surface area contributed by atoms with Gasteiger partial charge in [0, 0.05) is 0 Å². The first-order chi connectivity index (χ1) is 8.73. The number of ketones is 1. The van der Waals surface area contributed by atoms with Crippen molar-refractivity contribution in [2.45, 2.75) is 13.0 Å². The van der Waals surface area contributed by atoms with E-state index in [2.05, 4.69) is 9.47 Å². The van der Waals surface area contributed by atoms with E-state index in [1.165, 1.54) is 0 Å². The van der Waals surface area contributed by atoms with Crippen molar-refractivity contribution in [3.8, 4) is 11.5 Å². The van der Waals surface area contributed by atoms with Gasteiger partial charge in [-0.2, -0.15) is 8.78 Å². The van der Waals surface area contributed by atoms with E-state index in [1.54, 1.807) is 0 Å². The van der Waals surface area contributed by atoms with Crippen LogP contribution in [0.5, 0.6) is 11.5 Å². The fourth-order valence-electron chi connectivity index (χ4n) is 1.19. The van der Waals surface area contributed by atoms with Gasteiger partial charge in [0.15, 0.2) is 5.78 Å². The largest absolute Gasteiger partial charge is 0.573 e. The smallest absolute Gasteiger partial charge is 0.434 e. The summed E-state index contributed by atoms with van der Waals surface area (Å²) in [6.45, 7) is -3.23. The van der Waals surface area contributed by atoms with Crippen LogP contribution in [0.1, 0.15) is 10.4 Å². The first-order valence-corrected chi connectivity index (χ1v) is 5.20. The molecule has 0 radical (unpaired) electrons. The molecule has 0 unspecified atom stereocenters. The zero-order chi connectivity index (χ0) is 14.6. The fourth-order valence-corrected chi connectivity index (χ4v) is 1.34. The van der Waals surface area contributed by atoms with Crippen molar-refractivity contribution in [1.29, 1.82) is 0 Å². The minimum absolute atomic E-state index is 0.517. The van der Waals surface area contributed by atoms with E-state index in [4.69, 9.17) is 11.6 Å². The Bertz CT molecular complexity index is 461. The Morgan fingerprint density at radius 1 is 1.32 bits per heavy atom. The van der Waals surface area contributed by atoms with Gasteiger partial charge in [-0.05, 0) is 18.2 Å². The summed E-state index contributed by atoms with van der Waals surface area (Å²) in [7, 11) is 0. The van der Waals surface area contributed by atoms with Crippen LogP contribution < -0.4 is 9.47 Å². The zero-order valence-electron chi connectivity index (χ0n) is 9.01. The number of halogens is 6. The van der Waals surface area contributed by atoms with E-state index in [0.29, 0.717) is 6.07 Å². The van der Waals surface area contributed by atoms with Crippen LogP contribution in [0.3, 0.4) is 0 Å². The summed E-state index contributed by atoms with van der Waals surface area (Å²) in [5.74, 6) is -2.78. The molecule has 0 atom stereocenters. The second kappa shape index (κ2) is 6.05. The highest BCUT2D eigenvalue weighted by atomic mass is 35.5. The van der Waals surface area contributed by atoms with Gasteiger partial charge in [0.25, 0.3) is 0 Å². The predicted molar refractivity (Wildman–Crippen MR) is 54.8 cm³/mol. The Balaban J connectivity index is 3.11. The molecule has 9 heteroatoms. The predicted octanol–water partition coefficient (Wildman–Crippen LogP) is 3.61. The molecule has 1 aromatic rings. The van der Waals surface area contributed by atoms with Gasteiger partial charge in [-0.25, -0.2) is 0 Å². The molecule has 3 nitrogen and oxygen atoms in total. The molecule has 0 N–H and O–H groups in total. The SMILES string of the molecule is O=C(CCl)c1cc(OC(F)(F)F)ccc1OC(F)F. The van der Waals surface area contributed by atoms with Gasteiger partial charge >= 0.3 is 13.0 Å². The molecule has 0 aliphatic rings. The molecular weight excluding hydrogens is 299 g/mol. The molecular formula is C10H6ClF5O3. The minimum Gasteiger partial charge on any atom is -0.434 e. The van der Waals surface area contributed by atoms with Gasteiger partial charge in [0.1, 0.15) is 11.5 Å². The third kappa shape index (κ3) is 4.90. The van der Waals surface area contributed by atoms with Crippen molar-refractivity contribution < 1.29 is 36.2 Å². The second-order valence-electron chi connectivity index (χ2n) is 3.14. The standard InChI is InChI=1S/C10H6ClF5O3/c11-4-7(17)6-3-5(19-10(14,15)16)1-2-8(6)18-9(12)13/h1-3,9H,4H2. The van der Waals surface area contributed by atoms with Crippen LogP contribution in [0.2, 0.25) is 0 Å². The van der Waals surface area contributed by atoms with E-state index >= 15 is 0 Å². The number of carbonyl (C=O) groups is 1. The maximum atomic E-state index is 12.1. The molecule has 0 heterocycles. The summed E-state index contributed by atoms with van der Waals surface area (Å²) in [6, 6.07) is 2.15. The molecule has 0 saturated heterocycles. The number of rotatable bonds is 5. The molecule has 0 amide bonds. The molecule has 0 bridgehead atoms. The van der Waals surface area contributed by atoms with Crippen molar-refractivity contribution in [1.82, 2.24) is 0 Å². The fraction of sp³-hybridized carbons (Fsp3) is 0.300. The van der Waals surface area contributed by atoms with Gasteiger partial charge in [-0.15, -0.1) is 24.8 Å². The van der Waals surface area contributed by atoms with Gasteiger partial charge in [0.2, 0.25) is 0 Å². The third-order valence-corrected chi connectivity index (χ3v) is 2.07. The first-order valence-electron chi connectivity index (χ1n) is 4.66. The Hall–Kier alpha value is -1.57. The molecule has 0 fully saturated rings. The molecule has 0 aromatic heterocycles. The van der Waals surface area contributed by atoms with E-state index < -0.39 is 41.7 Å². The molecule has 0 saturated carbocycles. The summed E-state index contributed by atoms with van der Waals surface area (Å²) < 4.78 is 67.6. The molecule has 1 aromatic carbocycles. The summed E-state index contributed by atoms with van der Waals surface area (Å²) >= 11 is 5.22. The van der Waals surface area contributed by atoms with E-state index in [0.717, 1.165) is 12.1 Å². The number of benzene rings is 1. The molecule has 106 valence electrons. The molecule has 0 aliphatic carbocycles. The quantitative estimate of drug-likeness (QED) is 0.473. The number of hydrogen-bond acceptors (Lipinski definition) is 3. The van der Waals surface area contributed by atoms with Crippen molar-refractivity contribution in [2.75, 3.05) is 5.88 Å². The first kappa shape index (κ1) is 15.5. The Kier molecular flexibility index (Phi) is 4.93. The lowest BCUT2D eigenvalue weighted by molar-refractivity contribution is -0.274. The van der Waals surface area contributed by atoms with Crippen LogP contribution in [-0.4, -0.2) is 24.6 Å². The Morgan fingerprint density at radius 2 is 1.95 bits per heavy atom. The average molecular weight is 305 g/mol. The maximum absolute atomic E-state index is 12.1. The lowest BCUT2D eigenvalue weighted by atomic mass is 10.1. The Labute approximate surface area is 108 Å². The highest BCUT2D eigenvalue weighted by molar-refractivity contribution is 6.30. The average Bonchev–Trinajstić information content (AvgIpc) is 2.27. The number of alkyl halides is 6. The van der Waals surface area contributed by atoms with Gasteiger partial charge in [-0.1, -0.05) is 0 Å². The van der Waals surface area contributed by atoms with Gasteiger partial charge in [-0.3, -0.25) is 4.79 Å². The van der Waals surface area contributed by atoms with E-state index in [9.17, 15) is 26.7 Å². The monoisotopic (exact) mass is 304 g/mol. The van der Waals surface area contributed by atoms with Crippen molar-refractivity contribution in [3.63, 3.8) is 0 Å². The maximum Gasteiger partial charge on any atom is 0.573 e. The summed E-state index contributed by atoms with van der Waals surface area (Å²) in [6.07, 6.45) is -4.97. The lowest BCUT2D eigenvalue weighted by Crippen LogP contribution is -2.18. The zero-order valence-corrected chi connectivity index (χ0v) is 9.76. The minimum atomic E-state index is -4.97. The summed E-state index contributed by atoms with van der Waals surface area (Å²) in [4.78, 5) is 11.3. The van der Waals surface area contributed by atoms with Crippen LogP contribution in [0.4, 0.5) is 22.0 Å². The number of carbonyl (C=O) groups excluding carboxylic acids is 1. The third-order valence-electron chi connectivity index (χ3n) is 1.82. The number of Topliss-reactive ketones (excluding diaryl/α,β-unsaturated/α-hetero) is 1. The van der Waals surface area contributed by atoms with Crippen LogP contribution in [0.25, 0.3) is 0 Å². The second-order valence-corrected chi connectivity index (χ2v) is 3.41. The van der Waals surface area contributed by atoms with Gasteiger partial charge in [0.05, 0.1) is 11.4 Å². The van der Waals surface area contributed by atoms with Crippen LogP contribution in [0.15, 0.2) is 18.2 Å². The van der Waals surface area contributed by atoms with E-state index in [-0.39, 0.29) is 0 Å². The van der Waals surface area contributed by atoms with Gasteiger partial charge < -0.3 is 9.47 Å². The Morgan fingerprint density at radius 3 is 2.42 bits per heavy atom. The number of ether oxygens (including phenoxy) is 2. The molecule has 1 rings (SSSR count). The van der Waals surface area contributed by atoms with Crippen LogP contribution in [0, 0.1) is 0 Å². The summed E-state index contributed by atoms with van der Waals surface area (Å²) in [5, 5.41) is 0. The van der Waals surface area contributed by atoms with Crippen LogP contribution in [-0.2, 0) is 0 Å². The van der Waals surface area contributed by atoms with E-state index in [1.807, 2.05) is 0 Å². The molecule has 0 aliphatic heterocycles. The van der Waals surface area contributed by atoms with Crippen LogP contribution >= 0.6 is 11.6 Å². The van der Waals surface area contributed by atoms with Crippen molar-refractivity contribution in [2.24, 2.45) is 0 Å². The highest BCUT2D eigenvalue weighted by Gasteiger charge is 2.31. The topological polar surface area (TPSA) is 35.5 Å². The summed E-state index contributed by atoms with van der Waals surface area (Å²) in [5.41, 5.74) is -0.517. The van der Waals surface area contributed by atoms with Crippen molar-refractivity contribution in [3.05, 3.63) is 23.8 Å². The normalized spacial score (nSPS) is 11.5. The highest BCUT2D eigenvalue weighted by Crippen LogP contribution is 2.29. The molecule has 0 spiro atoms. The lowest BCUT2D eigenvalue weighted by Gasteiger charge is -2.13.